The number of rotatable bonds is 6. The maximum atomic E-state index is 13.4. The third-order valence-corrected chi connectivity index (χ3v) is 2.74. The van der Waals surface area contributed by atoms with Gasteiger partial charge in [-0.05, 0) is 42.0 Å². The molecule has 1 amide bonds. The number of carbonyl (C=O) groups is 2. The number of carboxylic acids is 1. The number of nitrogens with one attached hydrogen (secondary N) is 1. The molecule has 6 nitrogen and oxygen atoms in total. The van der Waals surface area contributed by atoms with Gasteiger partial charge in [0.05, 0.1) is 11.8 Å². The van der Waals surface area contributed by atoms with E-state index in [4.69, 9.17) is 9.84 Å². The Balaban J connectivity index is 1.92. The van der Waals surface area contributed by atoms with Crippen molar-refractivity contribution in [2.24, 2.45) is 5.10 Å². The van der Waals surface area contributed by atoms with Crippen molar-refractivity contribution in [2.75, 3.05) is 6.61 Å². The Labute approximate surface area is 131 Å². The van der Waals surface area contributed by atoms with Crippen LogP contribution in [0.15, 0.2) is 53.6 Å². The van der Waals surface area contributed by atoms with Crippen molar-refractivity contribution < 1.29 is 23.8 Å². The van der Waals surface area contributed by atoms with Gasteiger partial charge in [0.25, 0.3) is 5.91 Å². The molecule has 0 fully saturated rings. The van der Waals surface area contributed by atoms with Crippen LogP contribution in [0, 0.1) is 5.82 Å². The molecular formula is C16H13FN2O4. The van der Waals surface area contributed by atoms with Crippen LogP contribution in [0.4, 0.5) is 4.39 Å². The maximum absolute atomic E-state index is 13.4. The molecule has 2 aromatic rings. The number of nitrogens with zero attached hydrogens (tertiary/aromatic N) is 1. The smallest absolute Gasteiger partial charge is 0.341 e. The second kappa shape index (κ2) is 7.69. The molecule has 118 valence electrons. The van der Waals surface area contributed by atoms with Crippen molar-refractivity contribution in [1.82, 2.24) is 5.43 Å². The first-order chi connectivity index (χ1) is 11.1. The van der Waals surface area contributed by atoms with Gasteiger partial charge in [-0.3, -0.25) is 4.79 Å². The summed E-state index contributed by atoms with van der Waals surface area (Å²) in [6.45, 7) is -0.424. The number of hydrogen-bond acceptors (Lipinski definition) is 4. The fraction of sp³-hybridized carbons (Fsp3) is 0.0625. The number of carboxylic acid groups (broad SMARTS) is 1. The molecule has 7 heteroatoms. The van der Waals surface area contributed by atoms with Crippen LogP contribution in [-0.2, 0) is 4.79 Å². The number of hydrogen-bond donors (Lipinski definition) is 2. The molecule has 0 unspecified atom stereocenters. The van der Waals surface area contributed by atoms with Crippen LogP contribution in [0.25, 0.3) is 0 Å². The van der Waals surface area contributed by atoms with Gasteiger partial charge in [-0.1, -0.05) is 12.1 Å². The standard InChI is InChI=1S/C16H13FN2O4/c17-14-4-2-1-3-13(14)16(22)19-18-9-11-5-7-12(8-6-11)23-10-15(20)21/h1-9H,10H2,(H,19,22)(H,20,21). The van der Waals surface area contributed by atoms with Crippen molar-refractivity contribution in [1.29, 1.82) is 0 Å². The molecule has 0 saturated heterocycles. The SMILES string of the molecule is O=C(O)COc1ccc(C=NNC(=O)c2ccccc2F)cc1. The summed E-state index contributed by atoms with van der Waals surface area (Å²) in [5.41, 5.74) is 2.78. The average molecular weight is 316 g/mol. The summed E-state index contributed by atoms with van der Waals surface area (Å²) < 4.78 is 18.4. The molecule has 0 aromatic heterocycles. The van der Waals surface area contributed by atoms with Gasteiger partial charge in [-0.25, -0.2) is 14.6 Å². The highest BCUT2D eigenvalue weighted by Gasteiger charge is 2.09. The Bertz CT molecular complexity index is 729. The van der Waals surface area contributed by atoms with Gasteiger partial charge in [-0.15, -0.1) is 0 Å². The molecule has 0 aliphatic carbocycles. The molecule has 2 rings (SSSR count). The molecule has 2 aromatic carbocycles. The number of aliphatic carboxylic acids is 1. The predicted octanol–water partition coefficient (Wildman–Crippen LogP) is 2.05. The summed E-state index contributed by atoms with van der Waals surface area (Å²) in [6.07, 6.45) is 1.37. The topological polar surface area (TPSA) is 88.0 Å². The van der Waals surface area contributed by atoms with E-state index < -0.39 is 24.3 Å². The lowest BCUT2D eigenvalue weighted by Gasteiger charge is -2.03. The summed E-state index contributed by atoms with van der Waals surface area (Å²) >= 11 is 0. The first kappa shape index (κ1) is 16.2. The van der Waals surface area contributed by atoms with E-state index in [1.165, 1.54) is 24.4 Å². The molecule has 0 heterocycles. The molecule has 0 atom stereocenters. The van der Waals surface area contributed by atoms with Crippen LogP contribution < -0.4 is 10.2 Å². The van der Waals surface area contributed by atoms with Gasteiger partial charge in [-0.2, -0.15) is 5.10 Å². The van der Waals surface area contributed by atoms with Crippen LogP contribution in [0.1, 0.15) is 15.9 Å². The summed E-state index contributed by atoms with van der Waals surface area (Å²) in [5, 5.41) is 12.2. The first-order valence-corrected chi connectivity index (χ1v) is 6.59. The molecule has 23 heavy (non-hydrogen) atoms. The van der Waals surface area contributed by atoms with Crippen LogP contribution in [0.2, 0.25) is 0 Å². The Kier molecular flexibility index (Phi) is 5.40. The van der Waals surface area contributed by atoms with Gasteiger partial charge in [0, 0.05) is 0 Å². The first-order valence-electron chi connectivity index (χ1n) is 6.59. The number of ether oxygens (including phenoxy) is 1. The summed E-state index contributed by atoms with van der Waals surface area (Å²) in [7, 11) is 0. The molecule has 2 N–H and O–H groups in total. The van der Waals surface area contributed by atoms with E-state index in [1.54, 1.807) is 30.3 Å². The summed E-state index contributed by atoms with van der Waals surface area (Å²) in [5.74, 6) is -1.94. The number of halogens is 1. The highest BCUT2D eigenvalue weighted by atomic mass is 19.1. The minimum atomic E-state index is -1.06. The van der Waals surface area contributed by atoms with Crippen molar-refractivity contribution in [2.45, 2.75) is 0 Å². The predicted molar refractivity (Wildman–Crippen MR) is 81.0 cm³/mol. The van der Waals surface area contributed by atoms with E-state index in [2.05, 4.69) is 10.5 Å². The van der Waals surface area contributed by atoms with Gasteiger partial charge in [0.15, 0.2) is 6.61 Å². The summed E-state index contributed by atoms with van der Waals surface area (Å²) in [4.78, 5) is 22.1. The highest BCUT2D eigenvalue weighted by molar-refractivity contribution is 5.95. The molecule has 0 saturated carbocycles. The Morgan fingerprint density at radius 1 is 1.17 bits per heavy atom. The van der Waals surface area contributed by atoms with E-state index in [-0.39, 0.29) is 5.56 Å². The summed E-state index contributed by atoms with van der Waals surface area (Å²) in [6, 6.07) is 12.0. The number of hydrazone groups is 1. The van der Waals surface area contributed by atoms with E-state index in [1.807, 2.05) is 0 Å². The largest absolute Gasteiger partial charge is 0.482 e. The Hall–Kier alpha value is -3.22. The zero-order valence-corrected chi connectivity index (χ0v) is 11.9. The lowest BCUT2D eigenvalue weighted by molar-refractivity contribution is -0.139. The van der Waals surface area contributed by atoms with Gasteiger partial charge >= 0.3 is 5.97 Å². The monoisotopic (exact) mass is 316 g/mol. The van der Waals surface area contributed by atoms with Gasteiger partial charge in [0.1, 0.15) is 11.6 Å². The Morgan fingerprint density at radius 2 is 1.87 bits per heavy atom. The van der Waals surface area contributed by atoms with Crippen LogP contribution in [-0.4, -0.2) is 29.8 Å². The molecule has 0 bridgehead atoms. The second-order valence-corrected chi connectivity index (χ2v) is 4.43. The average Bonchev–Trinajstić information content (AvgIpc) is 2.54. The molecule has 0 aliphatic rings. The highest BCUT2D eigenvalue weighted by Crippen LogP contribution is 2.11. The second-order valence-electron chi connectivity index (χ2n) is 4.43. The van der Waals surface area contributed by atoms with Crippen molar-refractivity contribution in [3.63, 3.8) is 0 Å². The van der Waals surface area contributed by atoms with Gasteiger partial charge in [0.2, 0.25) is 0 Å². The van der Waals surface area contributed by atoms with Crippen LogP contribution in [0.3, 0.4) is 0 Å². The molecule has 0 radical (unpaired) electrons. The normalized spacial score (nSPS) is 10.5. The number of benzene rings is 2. The maximum Gasteiger partial charge on any atom is 0.341 e. The van der Waals surface area contributed by atoms with Crippen molar-refractivity contribution >= 4 is 18.1 Å². The minimum Gasteiger partial charge on any atom is -0.482 e. The van der Waals surface area contributed by atoms with Crippen molar-refractivity contribution in [3.05, 3.63) is 65.5 Å². The minimum absolute atomic E-state index is 0.0953. The Morgan fingerprint density at radius 3 is 2.52 bits per heavy atom. The lowest BCUT2D eigenvalue weighted by Crippen LogP contribution is -2.18. The fourth-order valence-corrected chi connectivity index (χ4v) is 1.67. The van der Waals surface area contributed by atoms with E-state index in [0.717, 1.165) is 0 Å². The van der Waals surface area contributed by atoms with E-state index in [0.29, 0.717) is 11.3 Å². The number of amides is 1. The van der Waals surface area contributed by atoms with Crippen LogP contribution >= 0.6 is 0 Å². The molecule has 0 aliphatic heterocycles. The zero-order chi connectivity index (χ0) is 16.7. The van der Waals surface area contributed by atoms with Gasteiger partial charge < -0.3 is 9.84 Å². The molecular weight excluding hydrogens is 303 g/mol. The quantitative estimate of drug-likeness (QED) is 0.630. The van der Waals surface area contributed by atoms with E-state index in [9.17, 15) is 14.0 Å². The van der Waals surface area contributed by atoms with E-state index >= 15 is 0 Å². The van der Waals surface area contributed by atoms with Crippen LogP contribution in [0.5, 0.6) is 5.75 Å². The molecule has 0 spiro atoms. The fourth-order valence-electron chi connectivity index (χ4n) is 1.67. The lowest BCUT2D eigenvalue weighted by atomic mass is 10.2. The van der Waals surface area contributed by atoms with Crippen molar-refractivity contribution in [3.8, 4) is 5.75 Å². The third-order valence-electron chi connectivity index (χ3n) is 2.74. The third kappa shape index (κ3) is 4.92. The zero-order valence-electron chi connectivity index (χ0n) is 11.9. The number of carbonyl (C=O) groups excluding carboxylic acids is 1.